The number of carboxylic acid groups (broad SMARTS) is 1. The molecule has 0 aliphatic carbocycles. The maximum absolute atomic E-state index is 10.4. The Labute approximate surface area is 78.6 Å². The second-order valence-corrected chi connectivity index (χ2v) is 2.90. The first-order valence-corrected chi connectivity index (χ1v) is 4.16. The predicted octanol–water partition coefficient (Wildman–Crippen LogP) is 1.69. The molecular formula is C9H16N2O2. The zero-order valence-corrected chi connectivity index (χ0v) is 8.53. The number of hydrogen-bond acceptors (Lipinski definition) is 3. The van der Waals surface area contributed by atoms with Gasteiger partial charge in [0.25, 0.3) is 0 Å². The first kappa shape index (κ1) is 11.7. The van der Waals surface area contributed by atoms with E-state index in [0.717, 1.165) is 5.71 Å². The maximum Gasteiger partial charge on any atom is 0.330 e. The van der Waals surface area contributed by atoms with Crippen LogP contribution in [0.25, 0.3) is 0 Å². The van der Waals surface area contributed by atoms with Crippen LogP contribution in [0.3, 0.4) is 0 Å². The van der Waals surface area contributed by atoms with Gasteiger partial charge in [0.05, 0.1) is 0 Å². The van der Waals surface area contributed by atoms with Gasteiger partial charge in [-0.1, -0.05) is 6.92 Å². The molecule has 0 spiro atoms. The van der Waals surface area contributed by atoms with E-state index in [-0.39, 0.29) is 0 Å². The Morgan fingerprint density at radius 2 is 2.08 bits per heavy atom. The van der Waals surface area contributed by atoms with Crippen LogP contribution in [-0.4, -0.2) is 28.8 Å². The molecule has 0 aliphatic heterocycles. The van der Waals surface area contributed by atoms with Gasteiger partial charge in [-0.05, 0) is 20.3 Å². The molecule has 0 fully saturated rings. The van der Waals surface area contributed by atoms with Gasteiger partial charge in [-0.15, -0.1) is 0 Å². The standard InChI is InChI=1S/C9H16N2O2/c1-5-8(6-9(12)13)11(4)10-7(2)3/h6H,5H2,1-4H3,(H,12,13)/b8-6+. The van der Waals surface area contributed by atoms with E-state index >= 15 is 0 Å². The Bertz CT molecular complexity index is 240. The van der Waals surface area contributed by atoms with Gasteiger partial charge in [-0.25, -0.2) is 4.79 Å². The number of aliphatic carboxylic acids is 1. The van der Waals surface area contributed by atoms with E-state index < -0.39 is 5.97 Å². The van der Waals surface area contributed by atoms with Crippen LogP contribution in [0, 0.1) is 0 Å². The molecule has 0 heterocycles. The molecule has 4 nitrogen and oxygen atoms in total. The lowest BCUT2D eigenvalue weighted by molar-refractivity contribution is -0.131. The molecule has 0 aromatic heterocycles. The summed E-state index contributed by atoms with van der Waals surface area (Å²) >= 11 is 0. The fraction of sp³-hybridized carbons (Fsp3) is 0.556. The smallest absolute Gasteiger partial charge is 0.330 e. The molecule has 4 heteroatoms. The summed E-state index contributed by atoms with van der Waals surface area (Å²) in [5.74, 6) is -0.937. The Morgan fingerprint density at radius 1 is 1.54 bits per heavy atom. The van der Waals surface area contributed by atoms with Crippen LogP contribution < -0.4 is 0 Å². The molecule has 0 aliphatic rings. The number of carboxylic acids is 1. The van der Waals surface area contributed by atoms with Crippen LogP contribution >= 0.6 is 0 Å². The molecule has 0 saturated heterocycles. The van der Waals surface area contributed by atoms with Crippen LogP contribution in [0.15, 0.2) is 16.9 Å². The molecule has 13 heavy (non-hydrogen) atoms. The summed E-state index contributed by atoms with van der Waals surface area (Å²) < 4.78 is 0. The van der Waals surface area contributed by atoms with Crippen molar-refractivity contribution in [3.05, 3.63) is 11.8 Å². The van der Waals surface area contributed by atoms with Gasteiger partial charge in [0.15, 0.2) is 0 Å². The molecule has 0 unspecified atom stereocenters. The molecule has 0 aromatic rings. The molecule has 0 bridgehead atoms. The van der Waals surface area contributed by atoms with E-state index in [2.05, 4.69) is 5.10 Å². The molecule has 1 N–H and O–H groups in total. The van der Waals surface area contributed by atoms with E-state index in [1.807, 2.05) is 20.8 Å². The van der Waals surface area contributed by atoms with Crippen molar-refractivity contribution in [1.82, 2.24) is 5.01 Å². The minimum Gasteiger partial charge on any atom is -0.478 e. The fourth-order valence-electron chi connectivity index (χ4n) is 0.931. The van der Waals surface area contributed by atoms with Crippen LogP contribution in [0.1, 0.15) is 27.2 Å². The molecule has 0 amide bonds. The Hall–Kier alpha value is -1.32. The number of nitrogens with zero attached hydrogens (tertiary/aromatic N) is 2. The maximum atomic E-state index is 10.4. The van der Waals surface area contributed by atoms with Crippen LogP contribution in [0.5, 0.6) is 0 Å². The largest absolute Gasteiger partial charge is 0.478 e. The minimum absolute atomic E-state index is 0.652. The number of rotatable bonds is 4. The molecule has 0 radical (unpaired) electrons. The third-order valence-electron chi connectivity index (χ3n) is 1.42. The number of hydrogen-bond donors (Lipinski definition) is 1. The van der Waals surface area contributed by atoms with E-state index in [4.69, 9.17) is 5.11 Å². The van der Waals surface area contributed by atoms with Crippen molar-refractivity contribution in [2.75, 3.05) is 7.05 Å². The van der Waals surface area contributed by atoms with Crippen molar-refractivity contribution in [1.29, 1.82) is 0 Å². The molecule has 74 valence electrons. The van der Waals surface area contributed by atoms with E-state index in [0.29, 0.717) is 12.1 Å². The van der Waals surface area contributed by atoms with Crippen LogP contribution in [0.4, 0.5) is 0 Å². The van der Waals surface area contributed by atoms with Crippen molar-refractivity contribution >= 4 is 11.7 Å². The first-order valence-electron chi connectivity index (χ1n) is 4.16. The second-order valence-electron chi connectivity index (χ2n) is 2.90. The third kappa shape index (κ3) is 5.00. The molecule has 0 rings (SSSR count). The van der Waals surface area contributed by atoms with E-state index in [1.165, 1.54) is 6.08 Å². The summed E-state index contributed by atoms with van der Waals surface area (Å²) in [4.78, 5) is 10.4. The molecular weight excluding hydrogens is 168 g/mol. The SMILES string of the molecule is CC/C(=C\C(=O)O)N(C)N=C(C)C. The third-order valence-corrected chi connectivity index (χ3v) is 1.42. The number of hydrazone groups is 1. The van der Waals surface area contributed by atoms with Crippen molar-refractivity contribution in [3.8, 4) is 0 Å². The topological polar surface area (TPSA) is 52.9 Å². The highest BCUT2D eigenvalue weighted by atomic mass is 16.4. The summed E-state index contributed by atoms with van der Waals surface area (Å²) in [7, 11) is 1.74. The Balaban J connectivity index is 4.59. The number of allylic oxidation sites excluding steroid dienone is 1. The molecule has 0 aromatic carbocycles. The van der Waals surface area contributed by atoms with Crippen molar-refractivity contribution < 1.29 is 9.90 Å². The van der Waals surface area contributed by atoms with Gasteiger partial charge in [0.1, 0.15) is 0 Å². The summed E-state index contributed by atoms with van der Waals surface area (Å²) in [5, 5.41) is 14.3. The Morgan fingerprint density at radius 3 is 2.38 bits per heavy atom. The van der Waals surface area contributed by atoms with Crippen LogP contribution in [0.2, 0.25) is 0 Å². The van der Waals surface area contributed by atoms with Crippen molar-refractivity contribution in [2.45, 2.75) is 27.2 Å². The van der Waals surface area contributed by atoms with Crippen LogP contribution in [-0.2, 0) is 4.79 Å². The highest BCUT2D eigenvalue weighted by Crippen LogP contribution is 2.06. The second kappa shape index (κ2) is 5.35. The highest BCUT2D eigenvalue weighted by molar-refractivity contribution is 5.81. The predicted molar refractivity (Wildman–Crippen MR) is 52.6 cm³/mol. The normalized spacial score (nSPS) is 10.9. The minimum atomic E-state index is -0.937. The molecule has 0 atom stereocenters. The quantitative estimate of drug-likeness (QED) is 0.411. The highest BCUT2D eigenvalue weighted by Gasteiger charge is 2.02. The van der Waals surface area contributed by atoms with Gasteiger partial charge in [0.2, 0.25) is 0 Å². The van der Waals surface area contributed by atoms with Crippen molar-refractivity contribution in [2.24, 2.45) is 5.10 Å². The number of carbonyl (C=O) groups is 1. The summed E-state index contributed by atoms with van der Waals surface area (Å²) in [6.07, 6.45) is 1.83. The molecule has 0 saturated carbocycles. The average molecular weight is 184 g/mol. The van der Waals surface area contributed by atoms with Gasteiger partial charge in [-0.2, -0.15) is 5.10 Å². The zero-order valence-electron chi connectivity index (χ0n) is 8.53. The summed E-state index contributed by atoms with van der Waals surface area (Å²) in [6, 6.07) is 0. The Kier molecular flexibility index (Phi) is 4.80. The fourth-order valence-corrected chi connectivity index (χ4v) is 0.931. The van der Waals surface area contributed by atoms with E-state index in [9.17, 15) is 4.79 Å². The van der Waals surface area contributed by atoms with Crippen molar-refractivity contribution in [3.63, 3.8) is 0 Å². The lowest BCUT2D eigenvalue weighted by Gasteiger charge is -2.15. The van der Waals surface area contributed by atoms with Gasteiger partial charge in [-0.3, -0.25) is 5.01 Å². The summed E-state index contributed by atoms with van der Waals surface area (Å²) in [6.45, 7) is 5.63. The monoisotopic (exact) mass is 184 g/mol. The lowest BCUT2D eigenvalue weighted by atomic mass is 10.3. The van der Waals surface area contributed by atoms with Gasteiger partial charge in [0, 0.05) is 24.5 Å². The van der Waals surface area contributed by atoms with Gasteiger partial charge < -0.3 is 5.11 Å². The average Bonchev–Trinajstić information content (AvgIpc) is 1.98. The van der Waals surface area contributed by atoms with E-state index in [1.54, 1.807) is 12.1 Å². The first-order chi connectivity index (χ1) is 5.97. The lowest BCUT2D eigenvalue weighted by Crippen LogP contribution is -2.13. The zero-order chi connectivity index (χ0) is 10.4. The summed E-state index contributed by atoms with van der Waals surface area (Å²) in [5.41, 5.74) is 1.58. The van der Waals surface area contributed by atoms with Gasteiger partial charge >= 0.3 is 5.97 Å².